The van der Waals surface area contributed by atoms with Gasteiger partial charge < -0.3 is 4.42 Å². The molecule has 0 bridgehead atoms. The molecule has 0 aromatic carbocycles. The zero-order chi connectivity index (χ0) is 13.8. The number of nitriles is 1. The van der Waals surface area contributed by atoms with Crippen LogP contribution in [0.4, 0.5) is 0 Å². The van der Waals surface area contributed by atoms with Crippen LogP contribution in [0.2, 0.25) is 0 Å². The van der Waals surface area contributed by atoms with E-state index in [1.165, 1.54) is 16.0 Å². The molecule has 0 amide bonds. The standard InChI is InChI=1S/C16H19NOS/c1-11(7-4-5-9-17)16-15(12(2)13(3)18-16)14-8-6-10-19-14/h6,8,10-11H,4-5,7H2,1-3H3. The molecule has 0 spiro atoms. The van der Waals surface area contributed by atoms with E-state index in [1.54, 1.807) is 11.3 Å². The Hall–Kier alpha value is -1.53. The minimum atomic E-state index is 0.359. The largest absolute Gasteiger partial charge is 0.465 e. The van der Waals surface area contributed by atoms with Crippen molar-refractivity contribution in [2.75, 3.05) is 0 Å². The molecule has 0 aliphatic carbocycles. The second-order valence-electron chi connectivity index (χ2n) is 4.95. The van der Waals surface area contributed by atoms with Gasteiger partial charge in [0.2, 0.25) is 0 Å². The number of furan rings is 1. The molecule has 0 fully saturated rings. The fraction of sp³-hybridized carbons (Fsp3) is 0.438. The van der Waals surface area contributed by atoms with E-state index in [0.717, 1.165) is 24.4 Å². The van der Waals surface area contributed by atoms with Gasteiger partial charge in [-0.2, -0.15) is 5.26 Å². The Morgan fingerprint density at radius 2 is 2.21 bits per heavy atom. The van der Waals surface area contributed by atoms with E-state index in [-0.39, 0.29) is 0 Å². The molecular weight excluding hydrogens is 254 g/mol. The van der Waals surface area contributed by atoms with Gasteiger partial charge in [0.25, 0.3) is 0 Å². The number of aryl methyl sites for hydroxylation is 1. The zero-order valence-corrected chi connectivity index (χ0v) is 12.5. The lowest BCUT2D eigenvalue weighted by Crippen LogP contribution is -1.94. The van der Waals surface area contributed by atoms with Crippen molar-refractivity contribution in [2.45, 2.75) is 46.0 Å². The molecule has 1 atom stereocenters. The van der Waals surface area contributed by atoms with E-state index in [2.05, 4.69) is 37.4 Å². The summed E-state index contributed by atoms with van der Waals surface area (Å²) < 4.78 is 5.99. The molecule has 3 heteroatoms. The molecule has 2 aromatic heterocycles. The highest BCUT2D eigenvalue weighted by atomic mass is 32.1. The number of rotatable bonds is 5. The summed E-state index contributed by atoms with van der Waals surface area (Å²) in [6, 6.07) is 6.43. The monoisotopic (exact) mass is 273 g/mol. The Morgan fingerprint density at radius 1 is 1.42 bits per heavy atom. The van der Waals surface area contributed by atoms with Gasteiger partial charge in [-0.15, -0.1) is 11.3 Å². The first kappa shape index (κ1) is 13.9. The summed E-state index contributed by atoms with van der Waals surface area (Å²) in [7, 11) is 0. The van der Waals surface area contributed by atoms with Crippen molar-refractivity contribution in [3.63, 3.8) is 0 Å². The summed E-state index contributed by atoms with van der Waals surface area (Å²) in [5.41, 5.74) is 2.50. The van der Waals surface area contributed by atoms with Gasteiger partial charge in [0.1, 0.15) is 11.5 Å². The molecule has 19 heavy (non-hydrogen) atoms. The molecule has 0 radical (unpaired) electrons. The number of hydrogen-bond donors (Lipinski definition) is 0. The van der Waals surface area contributed by atoms with E-state index in [9.17, 15) is 0 Å². The summed E-state index contributed by atoms with van der Waals surface area (Å²) in [4.78, 5) is 1.27. The molecular formula is C16H19NOS. The average Bonchev–Trinajstić information content (AvgIpc) is 2.99. The second-order valence-corrected chi connectivity index (χ2v) is 5.90. The zero-order valence-electron chi connectivity index (χ0n) is 11.7. The average molecular weight is 273 g/mol. The Balaban J connectivity index is 2.30. The lowest BCUT2D eigenvalue weighted by Gasteiger charge is -2.10. The predicted octanol–water partition coefficient (Wildman–Crippen LogP) is 5.42. The highest BCUT2D eigenvalue weighted by Gasteiger charge is 2.21. The lowest BCUT2D eigenvalue weighted by molar-refractivity contribution is 0.439. The number of thiophene rings is 1. The van der Waals surface area contributed by atoms with Crippen LogP contribution >= 0.6 is 11.3 Å². The van der Waals surface area contributed by atoms with Crippen LogP contribution < -0.4 is 0 Å². The molecule has 0 saturated heterocycles. The smallest absolute Gasteiger partial charge is 0.115 e. The Kier molecular flexibility index (Phi) is 4.44. The van der Waals surface area contributed by atoms with Crippen LogP contribution in [-0.4, -0.2) is 0 Å². The second kappa shape index (κ2) is 6.08. The minimum Gasteiger partial charge on any atom is -0.465 e. The number of hydrogen-bond acceptors (Lipinski definition) is 3. The van der Waals surface area contributed by atoms with Crippen LogP contribution in [0.25, 0.3) is 10.4 Å². The van der Waals surface area contributed by atoms with Crippen molar-refractivity contribution in [2.24, 2.45) is 0 Å². The summed E-state index contributed by atoms with van der Waals surface area (Å²) in [5, 5.41) is 10.7. The molecule has 0 N–H and O–H groups in total. The summed E-state index contributed by atoms with van der Waals surface area (Å²) >= 11 is 1.75. The molecule has 2 aromatic rings. The maximum Gasteiger partial charge on any atom is 0.115 e. The van der Waals surface area contributed by atoms with Gasteiger partial charge in [-0.05, 0) is 43.7 Å². The fourth-order valence-electron chi connectivity index (χ4n) is 2.35. The van der Waals surface area contributed by atoms with E-state index < -0.39 is 0 Å². The van der Waals surface area contributed by atoms with Crippen LogP contribution in [0.1, 0.15) is 49.2 Å². The first-order chi connectivity index (χ1) is 9.15. The van der Waals surface area contributed by atoms with Gasteiger partial charge >= 0.3 is 0 Å². The first-order valence-corrected chi connectivity index (χ1v) is 7.53. The van der Waals surface area contributed by atoms with Crippen LogP contribution in [0.15, 0.2) is 21.9 Å². The molecule has 2 nitrogen and oxygen atoms in total. The van der Waals surface area contributed by atoms with E-state index in [0.29, 0.717) is 12.3 Å². The van der Waals surface area contributed by atoms with Gasteiger partial charge in [-0.1, -0.05) is 13.0 Å². The van der Waals surface area contributed by atoms with Gasteiger partial charge in [0, 0.05) is 22.8 Å². The van der Waals surface area contributed by atoms with Crippen LogP contribution in [0, 0.1) is 25.2 Å². The third kappa shape index (κ3) is 2.90. The van der Waals surface area contributed by atoms with Crippen molar-refractivity contribution < 1.29 is 4.42 Å². The quantitative estimate of drug-likeness (QED) is 0.682. The first-order valence-electron chi connectivity index (χ1n) is 6.65. The number of nitrogens with zero attached hydrogens (tertiary/aromatic N) is 1. The lowest BCUT2D eigenvalue weighted by atomic mass is 9.96. The maximum atomic E-state index is 8.63. The highest BCUT2D eigenvalue weighted by molar-refractivity contribution is 7.13. The highest BCUT2D eigenvalue weighted by Crippen LogP contribution is 2.39. The summed E-state index contributed by atoms with van der Waals surface area (Å²) in [6.45, 7) is 6.34. The van der Waals surface area contributed by atoms with Crippen LogP contribution in [0.3, 0.4) is 0 Å². The summed E-state index contributed by atoms with van der Waals surface area (Å²) in [5.74, 6) is 2.44. The van der Waals surface area contributed by atoms with Crippen molar-refractivity contribution in [1.82, 2.24) is 0 Å². The Labute approximate surface area is 118 Å². The van der Waals surface area contributed by atoms with E-state index in [4.69, 9.17) is 9.68 Å². The van der Waals surface area contributed by atoms with E-state index in [1.807, 2.05) is 6.92 Å². The Morgan fingerprint density at radius 3 is 2.84 bits per heavy atom. The van der Waals surface area contributed by atoms with Crippen molar-refractivity contribution in [3.05, 3.63) is 34.6 Å². The van der Waals surface area contributed by atoms with Crippen LogP contribution in [0.5, 0.6) is 0 Å². The van der Waals surface area contributed by atoms with Gasteiger partial charge in [0.15, 0.2) is 0 Å². The molecule has 1 unspecified atom stereocenters. The normalized spacial score (nSPS) is 12.3. The molecule has 0 aliphatic heterocycles. The minimum absolute atomic E-state index is 0.359. The van der Waals surface area contributed by atoms with Gasteiger partial charge in [0.05, 0.1) is 6.07 Å². The number of unbranched alkanes of at least 4 members (excludes halogenated alkanes) is 1. The molecule has 0 saturated carbocycles. The van der Waals surface area contributed by atoms with Crippen molar-refractivity contribution >= 4 is 11.3 Å². The third-order valence-corrected chi connectivity index (χ3v) is 4.44. The molecule has 0 aliphatic rings. The third-order valence-electron chi connectivity index (χ3n) is 3.55. The van der Waals surface area contributed by atoms with E-state index >= 15 is 0 Å². The van der Waals surface area contributed by atoms with Crippen molar-refractivity contribution in [3.8, 4) is 16.5 Å². The fourth-order valence-corrected chi connectivity index (χ4v) is 3.18. The van der Waals surface area contributed by atoms with Gasteiger partial charge in [-0.3, -0.25) is 0 Å². The topological polar surface area (TPSA) is 36.9 Å². The van der Waals surface area contributed by atoms with Gasteiger partial charge in [-0.25, -0.2) is 0 Å². The predicted molar refractivity (Wildman–Crippen MR) is 79.4 cm³/mol. The van der Waals surface area contributed by atoms with Crippen molar-refractivity contribution in [1.29, 1.82) is 5.26 Å². The SMILES string of the molecule is Cc1oc(C(C)CCCC#N)c(-c2cccs2)c1C. The maximum absolute atomic E-state index is 8.63. The summed E-state index contributed by atoms with van der Waals surface area (Å²) in [6.07, 6.45) is 2.55. The molecule has 2 heterocycles. The molecule has 2 rings (SSSR count). The Bertz CT molecular complexity index is 575. The molecule has 100 valence electrons. The van der Waals surface area contributed by atoms with Crippen LogP contribution in [-0.2, 0) is 0 Å².